The number of nitrogens with one attached hydrogen (secondary N) is 8. The monoisotopic (exact) mass is 1380 g/mol. The molecule has 0 aliphatic carbocycles. The largest absolute Gasteiger partial charge is 0.355 e. The van der Waals surface area contributed by atoms with Gasteiger partial charge in [0.15, 0.2) is 0 Å². The molecule has 0 spiro atoms. The summed E-state index contributed by atoms with van der Waals surface area (Å²) < 4.78 is 0. The summed E-state index contributed by atoms with van der Waals surface area (Å²) in [6.07, 6.45) is 32.4. The summed E-state index contributed by atoms with van der Waals surface area (Å²) in [5.74, 6) is 0. The average Bonchev–Trinajstić information content (AvgIpc) is 1.72. The lowest BCUT2D eigenvalue weighted by Crippen LogP contribution is -1.75. The third-order valence-electron chi connectivity index (χ3n) is 16.2. The van der Waals surface area contributed by atoms with Crippen LogP contribution in [0.5, 0.6) is 0 Å². The Hall–Kier alpha value is -12.4. The number of aromatic amines is 8. The first-order chi connectivity index (χ1) is 47.2. The molecular formula is C80H60Cl4N16. The van der Waals surface area contributed by atoms with E-state index in [0.717, 1.165) is 179 Å². The summed E-state index contributed by atoms with van der Waals surface area (Å²) in [7, 11) is 0. The second-order valence-electron chi connectivity index (χ2n) is 23.6. The van der Waals surface area contributed by atoms with E-state index in [1.165, 1.54) is 0 Å². The molecule has 0 radical (unpaired) electrons. The number of hydrogen-bond acceptors (Lipinski definition) is 8. The van der Waals surface area contributed by atoms with Gasteiger partial charge in [-0.25, -0.2) is 39.9 Å². The Bertz CT molecular complexity index is 4710. The van der Waals surface area contributed by atoms with Crippen LogP contribution in [-0.4, -0.2) is 79.7 Å². The molecule has 0 aromatic carbocycles. The molecule has 488 valence electrons. The zero-order valence-electron chi connectivity index (χ0n) is 52.9. The summed E-state index contributed by atoms with van der Waals surface area (Å²) in [5.41, 5.74) is 31.4. The summed E-state index contributed by atoms with van der Waals surface area (Å²) in [4.78, 5) is 64.1. The first-order valence-electron chi connectivity index (χ1n) is 31.4. The fraction of sp³-hybridized carbons (Fsp3) is 0. The summed E-state index contributed by atoms with van der Waals surface area (Å²) in [6.45, 7) is 0. The van der Waals surface area contributed by atoms with Gasteiger partial charge in [0.05, 0.1) is 91.1 Å². The van der Waals surface area contributed by atoms with Crippen molar-refractivity contribution >= 4 is 235 Å². The van der Waals surface area contributed by atoms with Crippen molar-refractivity contribution in [1.29, 1.82) is 0 Å². The van der Waals surface area contributed by atoms with Crippen LogP contribution in [0.2, 0.25) is 0 Å². The van der Waals surface area contributed by atoms with E-state index >= 15 is 0 Å². The lowest BCUT2D eigenvalue weighted by molar-refractivity contribution is 1.31. The van der Waals surface area contributed by atoms with Crippen molar-refractivity contribution in [1.82, 2.24) is 79.7 Å². The Kier molecular flexibility index (Phi) is 19.3. The molecule has 8 aliphatic heterocycles. The van der Waals surface area contributed by atoms with Gasteiger partial charge in [-0.2, -0.15) is 0 Å². The molecule has 16 nitrogen and oxygen atoms in total. The van der Waals surface area contributed by atoms with Gasteiger partial charge < -0.3 is 39.9 Å². The molecule has 100 heavy (non-hydrogen) atoms. The van der Waals surface area contributed by atoms with E-state index in [-0.39, 0.29) is 49.6 Å². The number of fused-ring (bicyclic) bond motifs is 32. The molecule has 20 heterocycles. The van der Waals surface area contributed by atoms with Gasteiger partial charge in [-0.05, 0) is 291 Å². The molecule has 8 N–H and O–H groups in total. The molecule has 32 bridgehead atoms. The molecular weight excluding hydrogens is 1330 g/mol. The molecule has 12 aromatic heterocycles. The Labute approximate surface area is 596 Å². The highest BCUT2D eigenvalue weighted by molar-refractivity contribution is 5.87. The number of aromatic nitrogens is 16. The molecule has 0 saturated heterocycles. The van der Waals surface area contributed by atoms with Crippen molar-refractivity contribution in [2.75, 3.05) is 0 Å². The molecule has 0 fully saturated rings. The zero-order valence-corrected chi connectivity index (χ0v) is 56.2. The minimum Gasteiger partial charge on any atom is -0.355 e. The summed E-state index contributed by atoms with van der Waals surface area (Å²) >= 11 is 0. The maximum absolute atomic E-state index is 4.63. The average molecular weight is 1390 g/mol. The minimum atomic E-state index is 0. The van der Waals surface area contributed by atoms with Crippen molar-refractivity contribution in [3.8, 4) is 0 Å². The number of hydrogen-bond donors (Lipinski definition) is 8. The van der Waals surface area contributed by atoms with Crippen LogP contribution in [0.3, 0.4) is 0 Å². The highest BCUT2D eigenvalue weighted by Crippen LogP contribution is 2.23. The lowest BCUT2D eigenvalue weighted by atomic mass is 10.3. The quantitative estimate of drug-likeness (QED) is 0.0726. The summed E-state index contributed by atoms with van der Waals surface area (Å²) in [6, 6.07) is 65.4. The van der Waals surface area contributed by atoms with Crippen LogP contribution in [0, 0.1) is 0 Å². The molecule has 8 aliphatic rings. The van der Waals surface area contributed by atoms with Crippen molar-refractivity contribution in [3.63, 3.8) is 0 Å². The molecule has 20 rings (SSSR count). The molecule has 0 unspecified atom stereocenters. The standard InChI is InChI=1S/4C20H14N4.4ClH/c4*1-2-14-10-16-5-6-18(23-16)12-20-8-7-19(24-20)11-17-4-3-15(22-17)9-13(1)21-14;;;;/h4*1-12,21,24H;4*1H. The van der Waals surface area contributed by atoms with E-state index in [1.54, 1.807) is 0 Å². The van der Waals surface area contributed by atoms with E-state index < -0.39 is 0 Å². The molecule has 12 aromatic rings. The number of halogens is 4. The maximum atomic E-state index is 4.63. The fourth-order valence-corrected chi connectivity index (χ4v) is 11.8. The number of nitrogens with zero attached hydrogens (tertiary/aromatic N) is 8. The van der Waals surface area contributed by atoms with Crippen LogP contribution >= 0.6 is 49.6 Å². The summed E-state index contributed by atoms with van der Waals surface area (Å²) in [5, 5.41) is 0. The van der Waals surface area contributed by atoms with Crippen LogP contribution in [0.4, 0.5) is 0 Å². The first-order valence-corrected chi connectivity index (χ1v) is 31.4. The van der Waals surface area contributed by atoms with Crippen LogP contribution < -0.4 is 0 Å². The number of rotatable bonds is 0. The van der Waals surface area contributed by atoms with Crippen molar-refractivity contribution in [2.24, 2.45) is 0 Å². The highest BCUT2D eigenvalue weighted by Gasteiger charge is 2.07. The molecule has 0 atom stereocenters. The topological polar surface area (TPSA) is 229 Å². The van der Waals surface area contributed by atoms with Crippen molar-refractivity contribution < 1.29 is 0 Å². The third kappa shape index (κ3) is 16.0. The van der Waals surface area contributed by atoms with Crippen LogP contribution in [-0.2, 0) is 0 Å². The van der Waals surface area contributed by atoms with Crippen LogP contribution in [0.15, 0.2) is 194 Å². The lowest BCUT2D eigenvalue weighted by Gasteiger charge is -1.85. The second-order valence-corrected chi connectivity index (χ2v) is 23.6. The highest BCUT2D eigenvalue weighted by atomic mass is 35.5. The van der Waals surface area contributed by atoms with Gasteiger partial charge in [0, 0.05) is 88.3 Å². The Morgan fingerprint density at radius 1 is 0.120 bits per heavy atom. The smallest absolute Gasteiger partial charge is 0.0658 e. The van der Waals surface area contributed by atoms with E-state index in [9.17, 15) is 0 Å². The van der Waals surface area contributed by atoms with Gasteiger partial charge in [0.2, 0.25) is 0 Å². The van der Waals surface area contributed by atoms with Crippen molar-refractivity contribution in [3.05, 3.63) is 285 Å². The molecule has 0 saturated carbocycles. The van der Waals surface area contributed by atoms with Crippen LogP contribution in [0.25, 0.3) is 185 Å². The van der Waals surface area contributed by atoms with E-state index in [2.05, 4.69) is 177 Å². The van der Waals surface area contributed by atoms with E-state index in [4.69, 9.17) is 0 Å². The Morgan fingerprint density at radius 2 is 0.190 bits per heavy atom. The predicted octanol–water partition coefficient (Wildman–Crippen LogP) is 20.3. The first kappa shape index (κ1) is 66.2. The Balaban J connectivity index is 0.000000118. The van der Waals surface area contributed by atoms with Crippen LogP contribution in [0.1, 0.15) is 91.1 Å². The zero-order chi connectivity index (χ0) is 63.7. The normalized spacial score (nSPS) is 12.2. The van der Waals surface area contributed by atoms with Gasteiger partial charge in [0.25, 0.3) is 0 Å². The van der Waals surface area contributed by atoms with E-state index in [1.807, 2.05) is 194 Å². The van der Waals surface area contributed by atoms with Crippen molar-refractivity contribution in [2.45, 2.75) is 0 Å². The fourth-order valence-electron chi connectivity index (χ4n) is 11.8. The SMILES string of the molecule is C1=Cc2cc3ccc(cc4nc(cc5ccc(cc1n2)[nH]5)C=C4)[nH]3.C1=Cc2cc3ccc(cc4nc(cc5ccc(cc1n2)[nH]5)C=C4)[nH]3.C1=Cc2cc3ccc(cc4nc(cc5ccc(cc1n2)[nH]5)C=C4)[nH]3.C1=Cc2cc3ccc(cc4nc(cc5ccc(cc1n2)[nH]5)C=C4)[nH]3.Cl.Cl.Cl.Cl. The van der Waals surface area contributed by atoms with Gasteiger partial charge in [-0.1, -0.05) is 0 Å². The molecule has 0 amide bonds. The third-order valence-corrected chi connectivity index (χ3v) is 16.2. The predicted molar refractivity (Wildman–Crippen MR) is 424 cm³/mol. The maximum Gasteiger partial charge on any atom is 0.0658 e. The number of H-pyrrole nitrogens is 8. The molecule has 20 heteroatoms. The Morgan fingerprint density at radius 3 is 0.260 bits per heavy atom. The minimum absolute atomic E-state index is 0. The second kappa shape index (κ2) is 29.1. The van der Waals surface area contributed by atoms with Gasteiger partial charge in [-0.15, -0.1) is 49.6 Å². The van der Waals surface area contributed by atoms with Gasteiger partial charge >= 0.3 is 0 Å². The van der Waals surface area contributed by atoms with E-state index in [0.29, 0.717) is 0 Å². The van der Waals surface area contributed by atoms with Gasteiger partial charge in [-0.3, -0.25) is 0 Å². The van der Waals surface area contributed by atoms with Gasteiger partial charge in [0.1, 0.15) is 0 Å².